The summed E-state index contributed by atoms with van der Waals surface area (Å²) in [5.74, 6) is 0.175. The van der Waals surface area contributed by atoms with Crippen molar-refractivity contribution in [2.24, 2.45) is 17.9 Å². The quantitative estimate of drug-likeness (QED) is 0.266. The highest BCUT2D eigenvalue weighted by Gasteiger charge is 2.06. The van der Waals surface area contributed by atoms with Gasteiger partial charge in [0.25, 0.3) is 0 Å². The highest BCUT2D eigenvalue weighted by molar-refractivity contribution is 5.84. The lowest BCUT2D eigenvalue weighted by Crippen LogP contribution is -2.38. The number of rotatable bonds is 4. The summed E-state index contributed by atoms with van der Waals surface area (Å²) in [6, 6.07) is -0.153. The summed E-state index contributed by atoms with van der Waals surface area (Å²) < 4.78 is 1.73. The number of hydrogen-bond acceptors (Lipinski definition) is 4. The van der Waals surface area contributed by atoms with Crippen LogP contribution in [0, 0.1) is 0 Å². The molecule has 0 aromatic carbocycles. The molecule has 6 heteroatoms. The minimum absolute atomic E-state index is 0.153. The molecule has 0 radical (unpaired) electrons. The van der Waals surface area contributed by atoms with Crippen LogP contribution < -0.4 is 11.1 Å². The van der Waals surface area contributed by atoms with Gasteiger partial charge < -0.3 is 16.3 Å². The van der Waals surface area contributed by atoms with Crippen molar-refractivity contribution in [2.75, 3.05) is 0 Å². The fourth-order valence-electron chi connectivity index (χ4n) is 1.03. The van der Waals surface area contributed by atoms with Crippen molar-refractivity contribution < 1.29 is 5.21 Å². The van der Waals surface area contributed by atoms with Gasteiger partial charge in [-0.2, -0.15) is 5.10 Å². The molecule has 1 heterocycles. The molecule has 1 rings (SSSR count). The molecule has 1 aromatic heterocycles. The largest absolute Gasteiger partial charge is 0.409 e. The van der Waals surface area contributed by atoms with E-state index < -0.39 is 0 Å². The van der Waals surface area contributed by atoms with Crippen LogP contribution >= 0.6 is 0 Å². The summed E-state index contributed by atoms with van der Waals surface area (Å²) in [5.41, 5.74) is 6.46. The van der Waals surface area contributed by atoms with Crippen molar-refractivity contribution in [3.63, 3.8) is 0 Å². The summed E-state index contributed by atoms with van der Waals surface area (Å²) in [7, 11) is 1.86. The third kappa shape index (κ3) is 2.74. The highest BCUT2D eigenvalue weighted by Crippen LogP contribution is 1.96. The first-order valence-corrected chi connectivity index (χ1v) is 4.32. The Morgan fingerprint density at radius 2 is 2.57 bits per heavy atom. The second-order valence-corrected chi connectivity index (χ2v) is 3.15. The Morgan fingerprint density at radius 1 is 1.86 bits per heavy atom. The molecular weight excluding hydrogens is 182 g/mol. The van der Waals surface area contributed by atoms with Crippen LogP contribution in [0.4, 0.5) is 0 Å². The predicted molar refractivity (Wildman–Crippen MR) is 52.9 cm³/mol. The second-order valence-electron chi connectivity index (χ2n) is 3.15. The third-order valence-corrected chi connectivity index (χ3v) is 1.93. The Kier molecular flexibility index (Phi) is 3.47. The van der Waals surface area contributed by atoms with E-state index >= 15 is 0 Å². The molecule has 0 spiro atoms. The van der Waals surface area contributed by atoms with Crippen LogP contribution in [0.1, 0.15) is 12.5 Å². The average molecular weight is 197 g/mol. The molecule has 0 fully saturated rings. The molecule has 78 valence electrons. The van der Waals surface area contributed by atoms with Gasteiger partial charge in [0, 0.05) is 25.4 Å². The maximum absolute atomic E-state index is 8.41. The first-order chi connectivity index (χ1) is 6.63. The van der Waals surface area contributed by atoms with E-state index in [9.17, 15) is 0 Å². The first kappa shape index (κ1) is 10.5. The number of nitrogens with two attached hydrogens (primary N) is 1. The van der Waals surface area contributed by atoms with Crippen LogP contribution in [0.2, 0.25) is 0 Å². The molecule has 0 aliphatic heterocycles. The maximum Gasteiger partial charge on any atom is 0.156 e. The predicted octanol–water partition coefficient (Wildman–Crippen LogP) is -0.355. The van der Waals surface area contributed by atoms with Crippen molar-refractivity contribution >= 4 is 5.84 Å². The van der Waals surface area contributed by atoms with E-state index in [0.29, 0.717) is 6.54 Å². The number of oxime groups is 1. The molecule has 14 heavy (non-hydrogen) atoms. The Morgan fingerprint density at radius 3 is 3.07 bits per heavy atom. The van der Waals surface area contributed by atoms with Gasteiger partial charge in [-0.15, -0.1) is 0 Å². The Bertz CT molecular complexity index is 319. The van der Waals surface area contributed by atoms with Gasteiger partial charge in [0.2, 0.25) is 0 Å². The van der Waals surface area contributed by atoms with Crippen molar-refractivity contribution in [1.82, 2.24) is 15.1 Å². The van der Waals surface area contributed by atoms with Gasteiger partial charge in [-0.1, -0.05) is 5.16 Å². The lowest BCUT2D eigenvalue weighted by atomic mass is 10.3. The van der Waals surface area contributed by atoms with Gasteiger partial charge in [0.15, 0.2) is 5.84 Å². The van der Waals surface area contributed by atoms with Gasteiger partial charge in [-0.25, -0.2) is 0 Å². The van der Waals surface area contributed by atoms with Crippen LogP contribution in [0.3, 0.4) is 0 Å². The molecule has 0 aliphatic rings. The number of hydrogen-bond donors (Lipinski definition) is 3. The molecule has 1 aromatic rings. The lowest BCUT2D eigenvalue weighted by molar-refractivity contribution is 0.315. The van der Waals surface area contributed by atoms with E-state index in [1.54, 1.807) is 10.9 Å². The van der Waals surface area contributed by atoms with Crippen LogP contribution in [0.15, 0.2) is 17.5 Å². The number of nitrogens with one attached hydrogen (secondary N) is 1. The standard InChI is InChI=1S/C8H15N5O/c1-6(8(9)12-14)10-3-7-4-11-13(2)5-7/h4-6,10,14H,3H2,1-2H3,(H2,9,12). The minimum Gasteiger partial charge on any atom is -0.409 e. The number of amidine groups is 1. The fourth-order valence-corrected chi connectivity index (χ4v) is 1.03. The monoisotopic (exact) mass is 197 g/mol. The van der Waals surface area contributed by atoms with E-state index in [1.165, 1.54) is 0 Å². The molecule has 0 saturated carbocycles. The molecular formula is C8H15N5O. The Hall–Kier alpha value is -1.56. The van der Waals surface area contributed by atoms with Gasteiger partial charge in [-0.05, 0) is 6.92 Å². The maximum atomic E-state index is 8.41. The van der Waals surface area contributed by atoms with Gasteiger partial charge in [0.05, 0.1) is 12.2 Å². The SMILES string of the molecule is CC(NCc1cnn(C)c1)C(N)=NO. The molecule has 0 aliphatic carbocycles. The molecule has 0 bridgehead atoms. The highest BCUT2D eigenvalue weighted by atomic mass is 16.4. The second kappa shape index (κ2) is 4.61. The van der Waals surface area contributed by atoms with Crippen LogP contribution in [-0.2, 0) is 13.6 Å². The summed E-state index contributed by atoms with van der Waals surface area (Å²) in [6.45, 7) is 2.47. The Labute approximate surface area is 82.4 Å². The minimum atomic E-state index is -0.153. The summed E-state index contributed by atoms with van der Waals surface area (Å²) in [5, 5.41) is 18.4. The van der Waals surface area contributed by atoms with E-state index in [-0.39, 0.29) is 11.9 Å². The first-order valence-electron chi connectivity index (χ1n) is 4.32. The van der Waals surface area contributed by atoms with Gasteiger partial charge in [0.1, 0.15) is 0 Å². The van der Waals surface area contributed by atoms with Gasteiger partial charge in [-0.3, -0.25) is 4.68 Å². The smallest absolute Gasteiger partial charge is 0.156 e. The molecule has 0 saturated heterocycles. The van der Waals surface area contributed by atoms with E-state index in [0.717, 1.165) is 5.56 Å². The van der Waals surface area contributed by atoms with Crippen molar-refractivity contribution in [1.29, 1.82) is 0 Å². The zero-order chi connectivity index (χ0) is 10.6. The fraction of sp³-hybridized carbons (Fsp3) is 0.500. The van der Waals surface area contributed by atoms with Gasteiger partial charge >= 0.3 is 0 Å². The summed E-state index contributed by atoms with van der Waals surface area (Å²) in [6.07, 6.45) is 3.68. The summed E-state index contributed by atoms with van der Waals surface area (Å²) >= 11 is 0. The van der Waals surface area contributed by atoms with Crippen molar-refractivity contribution in [3.8, 4) is 0 Å². The number of nitrogens with zero attached hydrogens (tertiary/aromatic N) is 3. The molecule has 0 amide bonds. The lowest BCUT2D eigenvalue weighted by Gasteiger charge is -2.10. The zero-order valence-corrected chi connectivity index (χ0v) is 8.31. The van der Waals surface area contributed by atoms with Crippen LogP contribution in [0.5, 0.6) is 0 Å². The van der Waals surface area contributed by atoms with E-state index in [4.69, 9.17) is 10.9 Å². The zero-order valence-electron chi connectivity index (χ0n) is 8.31. The van der Waals surface area contributed by atoms with E-state index in [2.05, 4.69) is 15.6 Å². The van der Waals surface area contributed by atoms with Crippen molar-refractivity contribution in [3.05, 3.63) is 18.0 Å². The average Bonchev–Trinajstić information content (AvgIpc) is 2.59. The topological polar surface area (TPSA) is 88.5 Å². The molecule has 1 unspecified atom stereocenters. The number of aromatic nitrogens is 2. The van der Waals surface area contributed by atoms with Crippen LogP contribution in [-0.4, -0.2) is 26.9 Å². The van der Waals surface area contributed by atoms with Crippen molar-refractivity contribution in [2.45, 2.75) is 19.5 Å². The van der Waals surface area contributed by atoms with Crippen LogP contribution in [0.25, 0.3) is 0 Å². The number of aryl methyl sites for hydroxylation is 1. The van der Waals surface area contributed by atoms with E-state index in [1.807, 2.05) is 20.2 Å². The summed E-state index contributed by atoms with van der Waals surface area (Å²) in [4.78, 5) is 0. The normalized spacial score (nSPS) is 14.3. The molecule has 4 N–H and O–H groups in total. The molecule has 1 atom stereocenters. The Balaban J connectivity index is 2.41. The third-order valence-electron chi connectivity index (χ3n) is 1.93. The molecule has 6 nitrogen and oxygen atoms in total.